The first-order valence-electron chi connectivity index (χ1n) is 4.84. The van der Waals surface area contributed by atoms with Gasteiger partial charge in [0, 0.05) is 14.5 Å². The minimum atomic E-state index is 0.128. The summed E-state index contributed by atoms with van der Waals surface area (Å²) < 4.78 is 0.974. The zero-order valence-corrected chi connectivity index (χ0v) is 11.2. The normalized spacial score (nSPS) is 23.7. The molecule has 1 aromatic carbocycles. The van der Waals surface area contributed by atoms with E-state index in [9.17, 15) is 4.79 Å². The summed E-state index contributed by atoms with van der Waals surface area (Å²) in [7, 11) is 0. The molecule has 1 aliphatic carbocycles. The highest BCUT2D eigenvalue weighted by molar-refractivity contribution is 14.1. The maximum Gasteiger partial charge on any atom is 0.227 e. The molecular weight excluding hydrogens is 324 g/mol. The quantitative estimate of drug-likeness (QED) is 0.823. The molecule has 0 aliphatic heterocycles. The molecule has 1 amide bonds. The summed E-state index contributed by atoms with van der Waals surface area (Å²) in [6.45, 7) is 2.09. The lowest BCUT2D eigenvalue weighted by atomic mass is 10.3. The third-order valence-corrected chi connectivity index (χ3v) is 3.76. The lowest BCUT2D eigenvalue weighted by molar-refractivity contribution is -0.117. The Kier molecular flexibility index (Phi) is 3.21. The fraction of sp³-hybridized carbons (Fsp3) is 0.364. The van der Waals surface area contributed by atoms with Gasteiger partial charge < -0.3 is 5.32 Å². The van der Waals surface area contributed by atoms with Crippen molar-refractivity contribution < 1.29 is 4.79 Å². The van der Waals surface area contributed by atoms with Crippen LogP contribution in [-0.2, 0) is 4.79 Å². The van der Waals surface area contributed by atoms with E-state index in [-0.39, 0.29) is 11.8 Å². The summed E-state index contributed by atoms with van der Waals surface area (Å²) in [4.78, 5) is 11.7. The Bertz CT molecular complexity index is 408. The van der Waals surface area contributed by atoms with E-state index in [0.717, 1.165) is 15.7 Å². The number of carbonyl (C=O) groups excluding carboxylic acids is 1. The molecule has 1 aliphatic rings. The van der Waals surface area contributed by atoms with Crippen LogP contribution in [0.3, 0.4) is 0 Å². The highest BCUT2D eigenvalue weighted by Crippen LogP contribution is 2.38. The van der Waals surface area contributed by atoms with Gasteiger partial charge >= 0.3 is 0 Å². The third-order valence-electron chi connectivity index (χ3n) is 2.64. The fourth-order valence-corrected chi connectivity index (χ4v) is 2.51. The van der Waals surface area contributed by atoms with Crippen LogP contribution in [0.25, 0.3) is 0 Å². The molecular formula is C11H11ClINO. The lowest BCUT2D eigenvalue weighted by Crippen LogP contribution is -2.15. The number of benzene rings is 1. The van der Waals surface area contributed by atoms with Gasteiger partial charge in [-0.2, -0.15) is 0 Å². The maximum absolute atomic E-state index is 11.7. The van der Waals surface area contributed by atoms with Gasteiger partial charge in [0.2, 0.25) is 5.91 Å². The molecule has 1 saturated carbocycles. The van der Waals surface area contributed by atoms with Crippen molar-refractivity contribution in [1.82, 2.24) is 0 Å². The van der Waals surface area contributed by atoms with Gasteiger partial charge in [0.15, 0.2) is 0 Å². The van der Waals surface area contributed by atoms with E-state index < -0.39 is 0 Å². The van der Waals surface area contributed by atoms with Crippen LogP contribution in [0.5, 0.6) is 0 Å². The largest absolute Gasteiger partial charge is 0.325 e. The van der Waals surface area contributed by atoms with Gasteiger partial charge in [-0.1, -0.05) is 18.5 Å². The van der Waals surface area contributed by atoms with Crippen molar-refractivity contribution in [2.24, 2.45) is 11.8 Å². The van der Waals surface area contributed by atoms with Crippen LogP contribution in [0.4, 0.5) is 5.69 Å². The average Bonchev–Trinajstić information content (AvgIpc) is 2.88. The van der Waals surface area contributed by atoms with E-state index >= 15 is 0 Å². The van der Waals surface area contributed by atoms with E-state index in [1.807, 2.05) is 12.1 Å². The van der Waals surface area contributed by atoms with Crippen LogP contribution in [0.15, 0.2) is 18.2 Å². The molecule has 0 aromatic heterocycles. The second-order valence-electron chi connectivity index (χ2n) is 3.93. The summed E-state index contributed by atoms with van der Waals surface area (Å²) in [5.41, 5.74) is 0.851. The van der Waals surface area contributed by atoms with Crippen molar-refractivity contribution in [3.8, 4) is 0 Å². The molecule has 2 unspecified atom stereocenters. The van der Waals surface area contributed by atoms with Crippen molar-refractivity contribution >= 4 is 45.8 Å². The average molecular weight is 336 g/mol. The first-order valence-corrected chi connectivity index (χ1v) is 6.29. The molecule has 4 heteroatoms. The Labute approximate surface area is 108 Å². The van der Waals surface area contributed by atoms with Crippen LogP contribution in [-0.4, -0.2) is 5.91 Å². The monoisotopic (exact) mass is 335 g/mol. The van der Waals surface area contributed by atoms with Crippen LogP contribution >= 0.6 is 34.2 Å². The van der Waals surface area contributed by atoms with E-state index in [1.165, 1.54) is 0 Å². The molecule has 1 N–H and O–H groups in total. The van der Waals surface area contributed by atoms with E-state index in [2.05, 4.69) is 34.8 Å². The smallest absolute Gasteiger partial charge is 0.227 e. The van der Waals surface area contributed by atoms with Crippen LogP contribution in [0.1, 0.15) is 13.3 Å². The molecule has 15 heavy (non-hydrogen) atoms. The van der Waals surface area contributed by atoms with Crippen LogP contribution in [0, 0.1) is 15.4 Å². The Hall–Kier alpha value is -0.290. The third kappa shape index (κ3) is 2.64. The van der Waals surface area contributed by atoms with Crippen molar-refractivity contribution in [2.75, 3.05) is 5.32 Å². The standard InChI is InChI=1S/C11H11ClINO/c1-6-4-8(6)11(15)14-10-3-2-7(12)5-9(10)13/h2-3,5-6,8H,4H2,1H3,(H,14,15). The molecule has 1 fully saturated rings. The summed E-state index contributed by atoms with van der Waals surface area (Å²) in [5, 5.41) is 3.62. The molecule has 80 valence electrons. The molecule has 0 spiro atoms. The van der Waals surface area contributed by atoms with Crippen LogP contribution in [0.2, 0.25) is 5.02 Å². The van der Waals surface area contributed by atoms with Gasteiger partial charge in [-0.05, 0) is 53.1 Å². The summed E-state index contributed by atoms with van der Waals surface area (Å²) in [6, 6.07) is 5.47. The number of anilines is 1. The second-order valence-corrected chi connectivity index (χ2v) is 5.53. The predicted molar refractivity (Wildman–Crippen MR) is 70.1 cm³/mol. The Morgan fingerprint density at radius 3 is 2.80 bits per heavy atom. The van der Waals surface area contributed by atoms with Crippen molar-refractivity contribution in [3.05, 3.63) is 26.8 Å². The fourth-order valence-electron chi connectivity index (χ4n) is 1.50. The highest BCUT2D eigenvalue weighted by Gasteiger charge is 2.39. The molecule has 0 saturated heterocycles. The van der Waals surface area contributed by atoms with Crippen LogP contribution < -0.4 is 5.32 Å². The molecule has 0 bridgehead atoms. The number of hydrogen-bond acceptors (Lipinski definition) is 1. The number of hydrogen-bond donors (Lipinski definition) is 1. The van der Waals surface area contributed by atoms with E-state index in [1.54, 1.807) is 6.07 Å². The Balaban J connectivity index is 2.07. The zero-order valence-electron chi connectivity index (χ0n) is 8.26. The van der Waals surface area contributed by atoms with Crippen molar-refractivity contribution in [2.45, 2.75) is 13.3 Å². The molecule has 2 rings (SSSR count). The summed E-state index contributed by atoms with van der Waals surface area (Å²) in [6.07, 6.45) is 1.01. The minimum absolute atomic E-state index is 0.128. The van der Waals surface area contributed by atoms with E-state index in [0.29, 0.717) is 10.9 Å². The molecule has 1 aromatic rings. The Morgan fingerprint density at radius 1 is 1.60 bits per heavy atom. The molecule has 0 heterocycles. The number of nitrogens with one attached hydrogen (secondary N) is 1. The SMILES string of the molecule is CC1CC1C(=O)Nc1ccc(Cl)cc1I. The van der Waals surface area contributed by atoms with Gasteiger partial charge in [0.25, 0.3) is 0 Å². The summed E-state index contributed by atoms with van der Waals surface area (Å²) in [5.74, 6) is 0.870. The van der Waals surface area contributed by atoms with Gasteiger partial charge in [0.05, 0.1) is 5.69 Å². The summed E-state index contributed by atoms with van der Waals surface area (Å²) >= 11 is 8.00. The minimum Gasteiger partial charge on any atom is -0.325 e. The number of amides is 1. The van der Waals surface area contributed by atoms with Gasteiger partial charge in [-0.25, -0.2) is 0 Å². The molecule has 0 radical (unpaired) electrons. The van der Waals surface area contributed by atoms with Gasteiger partial charge in [0.1, 0.15) is 0 Å². The first kappa shape index (κ1) is 11.2. The predicted octanol–water partition coefficient (Wildman–Crippen LogP) is 3.54. The van der Waals surface area contributed by atoms with Crippen molar-refractivity contribution in [3.63, 3.8) is 0 Å². The van der Waals surface area contributed by atoms with Crippen molar-refractivity contribution in [1.29, 1.82) is 0 Å². The first-order chi connectivity index (χ1) is 7.08. The number of rotatable bonds is 2. The second kappa shape index (κ2) is 4.29. The topological polar surface area (TPSA) is 29.1 Å². The Morgan fingerprint density at radius 2 is 2.27 bits per heavy atom. The number of carbonyl (C=O) groups is 1. The zero-order chi connectivity index (χ0) is 11.0. The molecule has 2 nitrogen and oxygen atoms in total. The molecule has 2 atom stereocenters. The van der Waals surface area contributed by atoms with Gasteiger partial charge in [-0.3, -0.25) is 4.79 Å². The lowest BCUT2D eigenvalue weighted by Gasteiger charge is -2.06. The van der Waals surface area contributed by atoms with Gasteiger partial charge in [-0.15, -0.1) is 0 Å². The number of halogens is 2. The van der Waals surface area contributed by atoms with E-state index in [4.69, 9.17) is 11.6 Å². The highest BCUT2D eigenvalue weighted by atomic mass is 127. The maximum atomic E-state index is 11.7.